The highest BCUT2D eigenvalue weighted by Gasteiger charge is 2.27. The van der Waals surface area contributed by atoms with Crippen molar-refractivity contribution in [2.75, 3.05) is 9.80 Å². The summed E-state index contributed by atoms with van der Waals surface area (Å²) in [7, 11) is 0. The number of benzene rings is 14. The molecule has 0 atom stereocenters. The first-order valence-electron chi connectivity index (χ1n) is 29.8. The smallest absolute Gasteiger partial charge is 0.143 e. The Morgan fingerprint density at radius 3 is 1.01 bits per heavy atom. The summed E-state index contributed by atoms with van der Waals surface area (Å²) in [6.45, 7) is 13.5. The van der Waals surface area contributed by atoms with Crippen molar-refractivity contribution in [3.63, 3.8) is 0 Å². The Hall–Kier alpha value is -10.7. The van der Waals surface area contributed by atoms with E-state index in [4.69, 9.17) is 8.83 Å². The number of para-hydroxylation sites is 6. The first-order valence-corrected chi connectivity index (χ1v) is 29.8. The molecule has 4 heteroatoms. The van der Waals surface area contributed by atoms with Crippen LogP contribution in [0.4, 0.5) is 34.1 Å². The fourth-order valence-electron chi connectivity index (χ4n) is 13.8. The van der Waals surface area contributed by atoms with E-state index in [0.29, 0.717) is 0 Å². The SMILES string of the molecule is Cc1cc(-c2cc(N(c3ccccc3)c3cccc(-c4cccc5c4oc4ccccc45)c3)c3ccc4c(-c5cc(C)c(C)c(C)c5)cc(N(c5ccccc5)c5cccc(-c6cccc7c6oc6ccccc67)c5)c5ccc2c3c45)cc(C)c1C. The minimum absolute atomic E-state index is 0.885. The normalized spacial score (nSPS) is 11.8. The highest BCUT2D eigenvalue weighted by atomic mass is 16.3. The number of hydrogen-bond acceptors (Lipinski definition) is 4. The van der Waals surface area contributed by atoms with Crippen molar-refractivity contribution in [2.45, 2.75) is 41.5 Å². The van der Waals surface area contributed by atoms with Gasteiger partial charge in [0.25, 0.3) is 0 Å². The van der Waals surface area contributed by atoms with E-state index in [9.17, 15) is 0 Å². The quantitative estimate of drug-likeness (QED) is 0.128. The summed E-state index contributed by atoms with van der Waals surface area (Å²) >= 11 is 0. The van der Waals surface area contributed by atoms with Crippen molar-refractivity contribution < 1.29 is 8.83 Å². The molecule has 86 heavy (non-hydrogen) atoms. The van der Waals surface area contributed by atoms with Gasteiger partial charge < -0.3 is 18.6 Å². The maximum Gasteiger partial charge on any atom is 0.143 e. The summed E-state index contributed by atoms with van der Waals surface area (Å²) in [6.07, 6.45) is 0. The lowest BCUT2D eigenvalue weighted by Crippen LogP contribution is -2.12. The van der Waals surface area contributed by atoms with Gasteiger partial charge in [0.15, 0.2) is 0 Å². The van der Waals surface area contributed by atoms with Gasteiger partial charge in [-0.05, 0) is 192 Å². The molecule has 0 fully saturated rings. The van der Waals surface area contributed by atoms with Crippen LogP contribution in [0.3, 0.4) is 0 Å². The second-order valence-electron chi connectivity index (χ2n) is 23.4. The Balaban J connectivity index is 1.00. The van der Waals surface area contributed by atoms with Gasteiger partial charge in [-0.1, -0.05) is 182 Å². The molecule has 0 aliphatic heterocycles. The van der Waals surface area contributed by atoms with Gasteiger partial charge in [0.1, 0.15) is 22.3 Å². The van der Waals surface area contributed by atoms with E-state index >= 15 is 0 Å². The van der Waals surface area contributed by atoms with Crippen molar-refractivity contribution in [3.05, 3.63) is 288 Å². The average Bonchev–Trinajstić information content (AvgIpc) is 0.953. The molecule has 0 saturated carbocycles. The van der Waals surface area contributed by atoms with Gasteiger partial charge in [-0.2, -0.15) is 0 Å². The summed E-state index contributed by atoms with van der Waals surface area (Å²) in [5.41, 5.74) is 26.6. The summed E-state index contributed by atoms with van der Waals surface area (Å²) in [5, 5.41) is 11.6. The molecule has 0 aliphatic rings. The van der Waals surface area contributed by atoms with Crippen molar-refractivity contribution in [2.24, 2.45) is 0 Å². The molecule has 0 N–H and O–H groups in total. The van der Waals surface area contributed by atoms with E-state index in [2.05, 4.69) is 294 Å². The fourth-order valence-corrected chi connectivity index (χ4v) is 13.8. The number of rotatable bonds is 10. The second kappa shape index (κ2) is 20.0. The van der Waals surface area contributed by atoms with Crippen LogP contribution < -0.4 is 9.80 Å². The van der Waals surface area contributed by atoms with Gasteiger partial charge in [0.2, 0.25) is 0 Å². The molecule has 2 heterocycles. The lowest BCUT2D eigenvalue weighted by molar-refractivity contribution is 0.669. The third-order valence-corrected chi connectivity index (χ3v) is 18.5. The van der Waals surface area contributed by atoms with E-state index in [0.717, 1.165) is 111 Å². The molecule has 0 radical (unpaired) electrons. The number of anilines is 6. The number of nitrogens with zero attached hydrogens (tertiary/aromatic N) is 2. The molecule has 0 bridgehead atoms. The van der Waals surface area contributed by atoms with Crippen molar-refractivity contribution >= 4 is 110 Å². The van der Waals surface area contributed by atoms with Crippen LogP contribution in [0.25, 0.3) is 121 Å². The van der Waals surface area contributed by atoms with Crippen LogP contribution in [-0.4, -0.2) is 0 Å². The summed E-state index contributed by atoms with van der Waals surface area (Å²) < 4.78 is 13.4. The standard InChI is InChI=1S/C82H60N2O2/c1-49-41-57(42-50(2)53(49)5)73-47-75(83(59-23-9-7-10-24-59)61-27-17-21-55(45-61)63-31-19-33-69-65-29-13-15-35-77(65)85-81(63)69)71-40-38-68-74(58-43-51(3)54(6)52(4)44-58)48-76(72-39-37-67(73)79(71)80(68)72)84(60-25-11-8-12-26-60)62-28-18-22-56(46-62)64-32-20-34-70-66-30-14-16-36-78(66)86-82(64)70/h7-48H,1-6H3. The number of fused-ring (bicyclic) bond motifs is 6. The van der Waals surface area contributed by atoms with Crippen molar-refractivity contribution in [1.29, 1.82) is 0 Å². The molecule has 4 nitrogen and oxygen atoms in total. The molecule has 16 rings (SSSR count). The van der Waals surface area contributed by atoms with Gasteiger partial charge >= 0.3 is 0 Å². The molecule has 0 spiro atoms. The first kappa shape index (κ1) is 51.0. The third kappa shape index (κ3) is 8.12. The van der Waals surface area contributed by atoms with Crippen LogP contribution in [0.5, 0.6) is 0 Å². The van der Waals surface area contributed by atoms with Crippen LogP contribution in [0.2, 0.25) is 0 Å². The predicted molar refractivity (Wildman–Crippen MR) is 364 cm³/mol. The molecule has 16 aromatic rings. The molecule has 0 aliphatic carbocycles. The zero-order valence-corrected chi connectivity index (χ0v) is 49.0. The van der Waals surface area contributed by atoms with Gasteiger partial charge in [0, 0.05) is 77.0 Å². The van der Waals surface area contributed by atoms with E-state index in [-0.39, 0.29) is 0 Å². The second-order valence-corrected chi connectivity index (χ2v) is 23.4. The Kier molecular flexibility index (Phi) is 11.9. The maximum atomic E-state index is 6.70. The number of furan rings is 2. The third-order valence-electron chi connectivity index (χ3n) is 18.5. The zero-order valence-electron chi connectivity index (χ0n) is 49.0. The summed E-state index contributed by atoms with van der Waals surface area (Å²) in [6, 6.07) is 93.6. The lowest BCUT2D eigenvalue weighted by Gasteiger charge is -2.31. The fraction of sp³-hybridized carbons (Fsp3) is 0.0732. The number of aryl methyl sites for hydroxylation is 4. The maximum absolute atomic E-state index is 6.70. The average molecular weight is 1110 g/mol. The molecule has 0 saturated heterocycles. The first-order chi connectivity index (χ1) is 42.1. The molecular formula is C82H60N2O2. The van der Waals surface area contributed by atoms with Gasteiger partial charge in [0.05, 0.1) is 11.4 Å². The molecule has 14 aromatic carbocycles. The monoisotopic (exact) mass is 1100 g/mol. The minimum atomic E-state index is 0.885. The van der Waals surface area contributed by atoms with Crippen LogP contribution in [-0.2, 0) is 0 Å². The Bertz CT molecular complexity index is 4990. The van der Waals surface area contributed by atoms with Gasteiger partial charge in [-0.3, -0.25) is 0 Å². The van der Waals surface area contributed by atoms with E-state index in [1.807, 2.05) is 12.1 Å². The van der Waals surface area contributed by atoms with E-state index < -0.39 is 0 Å². The Morgan fingerprint density at radius 1 is 0.244 bits per heavy atom. The zero-order chi connectivity index (χ0) is 57.9. The van der Waals surface area contributed by atoms with Crippen LogP contribution in [0.1, 0.15) is 33.4 Å². The molecule has 410 valence electrons. The van der Waals surface area contributed by atoms with E-state index in [1.54, 1.807) is 0 Å². The summed E-state index contributed by atoms with van der Waals surface area (Å²) in [5.74, 6) is 0. The highest BCUT2D eigenvalue weighted by molar-refractivity contribution is 6.32. The molecular weight excluding hydrogens is 1040 g/mol. The van der Waals surface area contributed by atoms with Crippen molar-refractivity contribution in [1.82, 2.24) is 0 Å². The topological polar surface area (TPSA) is 32.8 Å². The Labute approximate surface area is 500 Å². The molecule has 2 aromatic heterocycles. The predicted octanol–water partition coefficient (Wildman–Crippen LogP) is 23.8. The lowest BCUT2D eigenvalue weighted by atomic mass is 9.84. The molecule has 0 unspecified atom stereocenters. The van der Waals surface area contributed by atoms with Crippen LogP contribution >= 0.6 is 0 Å². The van der Waals surface area contributed by atoms with Crippen LogP contribution in [0, 0.1) is 41.5 Å². The minimum Gasteiger partial charge on any atom is -0.455 e. The largest absolute Gasteiger partial charge is 0.455 e. The molecule has 0 amide bonds. The van der Waals surface area contributed by atoms with Crippen molar-refractivity contribution in [3.8, 4) is 44.5 Å². The van der Waals surface area contributed by atoms with Crippen LogP contribution in [0.15, 0.2) is 264 Å². The van der Waals surface area contributed by atoms with Gasteiger partial charge in [-0.15, -0.1) is 0 Å². The number of hydrogen-bond donors (Lipinski definition) is 0. The van der Waals surface area contributed by atoms with E-state index in [1.165, 1.54) is 77.2 Å². The Morgan fingerprint density at radius 2 is 0.593 bits per heavy atom. The van der Waals surface area contributed by atoms with Gasteiger partial charge in [-0.25, -0.2) is 0 Å². The summed E-state index contributed by atoms with van der Waals surface area (Å²) in [4.78, 5) is 4.95. The highest BCUT2D eigenvalue weighted by Crippen LogP contribution is 2.53.